The van der Waals surface area contributed by atoms with Crippen LogP contribution in [0.1, 0.15) is 21.6 Å². The summed E-state index contributed by atoms with van der Waals surface area (Å²) >= 11 is 0. The van der Waals surface area contributed by atoms with Gasteiger partial charge in [-0.1, -0.05) is 18.2 Å². The quantitative estimate of drug-likeness (QED) is 0.206. The summed E-state index contributed by atoms with van der Waals surface area (Å²) in [5.41, 5.74) is 2.08. The first-order valence-corrected chi connectivity index (χ1v) is 14.5. The number of fused-ring (bicyclic) bond motifs is 1. The van der Waals surface area contributed by atoms with E-state index >= 15 is 4.39 Å². The van der Waals surface area contributed by atoms with E-state index in [1.165, 1.54) is 42.6 Å². The lowest BCUT2D eigenvalue weighted by atomic mass is 9.98. The predicted molar refractivity (Wildman–Crippen MR) is 164 cm³/mol. The van der Waals surface area contributed by atoms with Crippen LogP contribution >= 0.6 is 0 Å². The van der Waals surface area contributed by atoms with Crippen LogP contribution in [0.4, 0.5) is 8.78 Å². The highest BCUT2D eigenvalue weighted by Crippen LogP contribution is 2.31. The van der Waals surface area contributed by atoms with Gasteiger partial charge in [0.05, 0.1) is 24.3 Å². The Bertz CT molecular complexity index is 1910. The molecule has 1 aliphatic heterocycles. The van der Waals surface area contributed by atoms with E-state index in [1.54, 1.807) is 37.4 Å². The molecule has 2 aromatic carbocycles. The van der Waals surface area contributed by atoms with E-state index in [0.717, 1.165) is 19.6 Å². The van der Waals surface area contributed by atoms with Crippen molar-refractivity contribution >= 4 is 16.8 Å². The maximum absolute atomic E-state index is 15.3. The van der Waals surface area contributed by atoms with E-state index in [4.69, 9.17) is 14.2 Å². The summed E-state index contributed by atoms with van der Waals surface area (Å²) in [5.74, 6) is -0.980. The first-order valence-electron chi connectivity index (χ1n) is 14.5. The van der Waals surface area contributed by atoms with Crippen LogP contribution in [-0.4, -0.2) is 65.1 Å². The maximum atomic E-state index is 15.3. The van der Waals surface area contributed by atoms with Crippen molar-refractivity contribution in [3.8, 4) is 28.5 Å². The summed E-state index contributed by atoms with van der Waals surface area (Å²) in [6.07, 6.45) is 2.68. The van der Waals surface area contributed by atoms with Crippen molar-refractivity contribution < 1.29 is 27.8 Å². The fourth-order valence-corrected chi connectivity index (χ4v) is 5.18. The van der Waals surface area contributed by atoms with Crippen molar-refractivity contribution in [2.75, 3.05) is 39.5 Å². The van der Waals surface area contributed by atoms with E-state index in [9.17, 15) is 14.0 Å². The van der Waals surface area contributed by atoms with E-state index in [1.807, 2.05) is 0 Å². The molecule has 1 aliphatic rings. The Morgan fingerprint density at radius 1 is 1.02 bits per heavy atom. The molecule has 0 unspecified atom stereocenters. The Balaban J connectivity index is 1.16. The van der Waals surface area contributed by atoms with Crippen molar-refractivity contribution in [1.82, 2.24) is 19.9 Å². The first kappa shape index (κ1) is 30.0. The minimum Gasteiger partial charge on any atom is -0.476 e. The number of hydrogen-bond acceptors (Lipinski definition) is 8. The van der Waals surface area contributed by atoms with Gasteiger partial charge < -0.3 is 19.2 Å². The molecule has 0 amide bonds. The van der Waals surface area contributed by atoms with Gasteiger partial charge in [-0.05, 0) is 48.4 Å². The summed E-state index contributed by atoms with van der Waals surface area (Å²) < 4.78 is 45.8. The third kappa shape index (κ3) is 6.89. The Hall–Kier alpha value is -5.00. The summed E-state index contributed by atoms with van der Waals surface area (Å²) in [5, 5.41) is 0. The fourth-order valence-electron chi connectivity index (χ4n) is 5.18. The second kappa shape index (κ2) is 13.3. The molecule has 3 aromatic heterocycles. The topological polar surface area (TPSA) is 107 Å². The smallest absolute Gasteiger partial charge is 0.214 e. The molecule has 6 rings (SSSR count). The Kier molecular flexibility index (Phi) is 8.90. The summed E-state index contributed by atoms with van der Waals surface area (Å²) in [4.78, 5) is 40.5. The molecule has 230 valence electrons. The number of aromatic amines is 1. The molecule has 9 nitrogen and oxygen atoms in total. The number of nitrogens with zero attached hydrogens (tertiary/aromatic N) is 3. The molecule has 45 heavy (non-hydrogen) atoms. The zero-order valence-electron chi connectivity index (χ0n) is 24.5. The monoisotopic (exact) mass is 612 g/mol. The lowest BCUT2D eigenvalue weighted by Gasteiger charge is -2.26. The molecule has 0 spiro atoms. The number of aromatic nitrogens is 3. The maximum Gasteiger partial charge on any atom is 0.214 e. The van der Waals surface area contributed by atoms with Crippen LogP contribution in [0.3, 0.4) is 0 Å². The van der Waals surface area contributed by atoms with Gasteiger partial charge in [-0.15, -0.1) is 0 Å². The minimum absolute atomic E-state index is 0.0640. The van der Waals surface area contributed by atoms with Gasteiger partial charge in [0, 0.05) is 61.8 Å². The van der Waals surface area contributed by atoms with Gasteiger partial charge in [-0.2, -0.15) is 0 Å². The van der Waals surface area contributed by atoms with Gasteiger partial charge in [0.25, 0.3) is 0 Å². The number of aryl methyl sites for hydroxylation is 1. The molecule has 5 aromatic rings. The van der Waals surface area contributed by atoms with Gasteiger partial charge in [0.1, 0.15) is 17.9 Å². The van der Waals surface area contributed by atoms with Gasteiger partial charge in [-0.3, -0.25) is 19.5 Å². The van der Waals surface area contributed by atoms with Gasteiger partial charge in [0.2, 0.25) is 5.88 Å². The summed E-state index contributed by atoms with van der Waals surface area (Å²) in [7, 11) is 0. The molecule has 4 heterocycles. The summed E-state index contributed by atoms with van der Waals surface area (Å²) in [6, 6.07) is 14.7. The average molecular weight is 613 g/mol. The fraction of sp³-hybridized carbons (Fsp3) is 0.235. The minimum atomic E-state index is -0.687. The van der Waals surface area contributed by atoms with Crippen molar-refractivity contribution in [2.24, 2.45) is 0 Å². The van der Waals surface area contributed by atoms with Crippen LogP contribution in [0.2, 0.25) is 0 Å². The molecule has 0 aliphatic carbocycles. The average Bonchev–Trinajstić information content (AvgIpc) is 3.04. The number of carbonyl (C=O) groups is 1. The van der Waals surface area contributed by atoms with E-state index < -0.39 is 22.8 Å². The lowest BCUT2D eigenvalue weighted by molar-refractivity contribution is 0.0320. The second-order valence-corrected chi connectivity index (χ2v) is 10.6. The number of halogens is 2. The number of pyridine rings is 3. The van der Waals surface area contributed by atoms with Gasteiger partial charge in [0.15, 0.2) is 28.5 Å². The number of nitrogens with one attached hydrogen (secondary N) is 1. The number of rotatable bonds is 10. The number of benzene rings is 2. The highest BCUT2D eigenvalue weighted by Gasteiger charge is 2.19. The number of ketones is 1. The Morgan fingerprint density at radius 3 is 2.60 bits per heavy atom. The molecular weight excluding hydrogens is 582 g/mol. The molecule has 1 fully saturated rings. The third-order valence-electron chi connectivity index (χ3n) is 7.58. The summed E-state index contributed by atoms with van der Waals surface area (Å²) in [6.45, 7) is 6.03. The molecule has 1 saturated heterocycles. The molecule has 11 heteroatoms. The number of H-pyrrole nitrogens is 1. The van der Waals surface area contributed by atoms with Gasteiger partial charge >= 0.3 is 0 Å². The molecule has 0 atom stereocenters. The Morgan fingerprint density at radius 2 is 1.82 bits per heavy atom. The number of ether oxygens (including phenoxy) is 3. The van der Waals surface area contributed by atoms with Crippen molar-refractivity contribution in [3.63, 3.8) is 0 Å². The standard InChI is InChI=1S/C34H30F2N4O5/c1-21-32(23-3-5-24(35)6-4-23)34(42)25(20-38-21)28(41)19-22-2-8-29(26(36)18-22)45-30-10-11-37-27-7-9-31(39-33(27)30)44-17-14-40-12-15-43-16-13-40/h2-11,18,20H,12-17,19H2,1H3,(H,38,42). The SMILES string of the molecule is Cc1[nH]cc(C(=O)Cc2ccc(Oc3ccnc4ccc(OCCN5CCOCC5)nc34)c(F)c2)c(=O)c1-c1ccc(F)cc1. The Labute approximate surface area is 257 Å². The van der Waals surface area contributed by atoms with E-state index in [2.05, 4.69) is 19.9 Å². The molecule has 0 radical (unpaired) electrons. The van der Waals surface area contributed by atoms with Crippen molar-refractivity contribution in [3.05, 3.63) is 112 Å². The number of morpholine rings is 1. The van der Waals surface area contributed by atoms with Crippen LogP contribution in [0.5, 0.6) is 17.4 Å². The van der Waals surface area contributed by atoms with Crippen LogP contribution in [0.15, 0.2) is 77.9 Å². The first-order chi connectivity index (χ1) is 21.9. The number of Topliss-reactive ketones (excluding diaryl/α,β-unsaturated/α-hetero) is 1. The molecular formula is C34H30F2N4O5. The van der Waals surface area contributed by atoms with Crippen LogP contribution in [0, 0.1) is 18.6 Å². The van der Waals surface area contributed by atoms with Crippen LogP contribution in [0.25, 0.3) is 22.2 Å². The van der Waals surface area contributed by atoms with Gasteiger partial charge in [-0.25, -0.2) is 13.8 Å². The number of hydrogen-bond donors (Lipinski definition) is 1. The normalized spacial score (nSPS) is 13.6. The predicted octanol–water partition coefficient (Wildman–Crippen LogP) is 5.50. The van der Waals surface area contributed by atoms with E-state index in [0.29, 0.717) is 59.3 Å². The highest BCUT2D eigenvalue weighted by molar-refractivity contribution is 5.98. The zero-order valence-corrected chi connectivity index (χ0v) is 24.5. The van der Waals surface area contributed by atoms with Crippen molar-refractivity contribution in [1.29, 1.82) is 0 Å². The second-order valence-electron chi connectivity index (χ2n) is 10.6. The highest BCUT2D eigenvalue weighted by atomic mass is 19.1. The number of carbonyl (C=O) groups excluding carboxylic acids is 1. The largest absolute Gasteiger partial charge is 0.476 e. The molecule has 1 N–H and O–H groups in total. The third-order valence-corrected chi connectivity index (χ3v) is 7.58. The zero-order chi connectivity index (χ0) is 31.3. The van der Waals surface area contributed by atoms with Crippen LogP contribution < -0.4 is 14.9 Å². The van der Waals surface area contributed by atoms with Crippen LogP contribution in [-0.2, 0) is 11.2 Å². The molecule has 0 saturated carbocycles. The molecule has 0 bridgehead atoms. The van der Waals surface area contributed by atoms with E-state index in [-0.39, 0.29) is 23.3 Å². The van der Waals surface area contributed by atoms with Crippen molar-refractivity contribution in [2.45, 2.75) is 13.3 Å². The lowest BCUT2D eigenvalue weighted by Crippen LogP contribution is -2.38.